The van der Waals surface area contributed by atoms with Crippen molar-refractivity contribution in [3.63, 3.8) is 0 Å². The Morgan fingerprint density at radius 2 is 1.97 bits per heavy atom. The third-order valence-corrected chi connectivity index (χ3v) is 5.04. The molecule has 1 aromatic heterocycles. The molecule has 0 radical (unpaired) electrons. The van der Waals surface area contributed by atoms with E-state index in [4.69, 9.17) is 4.74 Å². The maximum atomic E-state index is 12.9. The molecule has 1 N–H and O–H groups in total. The number of amides is 2. The number of nitrogens with zero attached hydrogens (tertiary/aromatic N) is 3. The topological polar surface area (TPSA) is 76.5 Å². The maximum Gasteiger partial charge on any atom is 0.393 e. The monoisotopic (exact) mass is 424 g/mol. The van der Waals surface area contributed by atoms with Crippen LogP contribution in [-0.4, -0.2) is 52.6 Å². The molecule has 1 saturated heterocycles. The van der Waals surface area contributed by atoms with Gasteiger partial charge in [-0.15, -0.1) is 0 Å². The second-order valence-corrected chi connectivity index (χ2v) is 7.08. The molecule has 3 rings (SSSR count). The molecule has 1 aromatic carbocycles. The van der Waals surface area contributed by atoms with Gasteiger partial charge >= 0.3 is 18.2 Å². The smallest absolute Gasteiger partial charge is 0.393 e. The zero-order valence-corrected chi connectivity index (χ0v) is 16.7. The molecule has 162 valence electrons. The summed E-state index contributed by atoms with van der Waals surface area (Å²) in [6.07, 6.45) is -2.52. The Morgan fingerprint density at radius 1 is 1.27 bits per heavy atom. The van der Waals surface area contributed by atoms with Crippen LogP contribution in [0.1, 0.15) is 35.8 Å². The fourth-order valence-corrected chi connectivity index (χ4v) is 3.40. The number of piperidine rings is 1. The zero-order valence-electron chi connectivity index (χ0n) is 16.7. The summed E-state index contributed by atoms with van der Waals surface area (Å²) in [6, 6.07) is 6.09. The van der Waals surface area contributed by atoms with Gasteiger partial charge in [0, 0.05) is 18.8 Å². The second kappa shape index (κ2) is 8.76. The fourth-order valence-electron chi connectivity index (χ4n) is 3.40. The first-order valence-electron chi connectivity index (χ1n) is 9.65. The van der Waals surface area contributed by atoms with Crippen LogP contribution in [0, 0.1) is 12.8 Å². The van der Waals surface area contributed by atoms with E-state index < -0.39 is 24.1 Å². The summed E-state index contributed by atoms with van der Waals surface area (Å²) >= 11 is 0. The van der Waals surface area contributed by atoms with Gasteiger partial charge < -0.3 is 15.0 Å². The SMILES string of the molecule is CCOC(=O)c1cnn(-c2ccc(NC(=O)N3CCC[C@@H](C(F)(F)F)C3)cc2)c1C. The van der Waals surface area contributed by atoms with Crippen LogP contribution in [0.5, 0.6) is 0 Å². The zero-order chi connectivity index (χ0) is 21.9. The van der Waals surface area contributed by atoms with Crippen molar-refractivity contribution in [3.8, 4) is 5.69 Å². The number of rotatable bonds is 4. The van der Waals surface area contributed by atoms with E-state index in [1.54, 1.807) is 42.8 Å². The van der Waals surface area contributed by atoms with Crippen molar-refractivity contribution in [3.05, 3.63) is 41.7 Å². The van der Waals surface area contributed by atoms with E-state index in [0.29, 0.717) is 35.6 Å². The molecule has 2 aromatic rings. The van der Waals surface area contributed by atoms with Crippen LogP contribution in [0.4, 0.5) is 23.7 Å². The van der Waals surface area contributed by atoms with Crippen molar-refractivity contribution in [2.75, 3.05) is 25.0 Å². The number of likely N-dealkylation sites (tertiary alicyclic amines) is 1. The van der Waals surface area contributed by atoms with Gasteiger partial charge in [-0.2, -0.15) is 18.3 Å². The lowest BCUT2D eigenvalue weighted by Crippen LogP contribution is -2.46. The quantitative estimate of drug-likeness (QED) is 0.748. The molecule has 2 amide bonds. The van der Waals surface area contributed by atoms with Crippen LogP contribution in [0.25, 0.3) is 5.69 Å². The molecule has 7 nitrogen and oxygen atoms in total. The highest BCUT2D eigenvalue weighted by atomic mass is 19.4. The van der Waals surface area contributed by atoms with Crippen molar-refractivity contribution in [1.29, 1.82) is 0 Å². The second-order valence-electron chi connectivity index (χ2n) is 7.08. The standard InChI is InChI=1S/C20H23F3N4O3/c1-3-30-18(28)17-11-24-27(13(17)2)16-8-6-15(7-9-16)25-19(29)26-10-4-5-14(12-26)20(21,22)23/h6-9,11,14H,3-5,10,12H2,1-2H3,(H,25,29)/t14-/m1/s1. The van der Waals surface area contributed by atoms with Gasteiger partial charge in [-0.25, -0.2) is 14.3 Å². The predicted molar refractivity (Wildman–Crippen MR) is 104 cm³/mol. The summed E-state index contributed by atoms with van der Waals surface area (Å²) in [7, 11) is 0. The molecule has 10 heteroatoms. The molecule has 30 heavy (non-hydrogen) atoms. The molecule has 1 atom stereocenters. The third kappa shape index (κ3) is 4.74. The summed E-state index contributed by atoms with van der Waals surface area (Å²) in [5.74, 6) is -1.94. The first-order valence-corrected chi connectivity index (χ1v) is 9.65. The number of anilines is 1. The first kappa shape index (κ1) is 21.7. The summed E-state index contributed by atoms with van der Waals surface area (Å²) in [4.78, 5) is 25.5. The predicted octanol–water partition coefficient (Wildman–Crippen LogP) is 4.16. The minimum absolute atomic E-state index is 0.0407. The van der Waals surface area contributed by atoms with E-state index in [1.807, 2.05) is 0 Å². The van der Waals surface area contributed by atoms with Gasteiger partial charge in [0.1, 0.15) is 5.56 Å². The molecule has 0 bridgehead atoms. The Hall–Kier alpha value is -3.04. The van der Waals surface area contributed by atoms with E-state index in [9.17, 15) is 22.8 Å². The Labute approximate surface area is 171 Å². The number of hydrogen-bond acceptors (Lipinski definition) is 4. The fraction of sp³-hybridized carbons (Fsp3) is 0.450. The van der Waals surface area contributed by atoms with Crippen molar-refractivity contribution in [2.24, 2.45) is 5.92 Å². The number of alkyl halides is 3. The number of nitrogens with one attached hydrogen (secondary N) is 1. The lowest BCUT2D eigenvalue weighted by Gasteiger charge is -2.33. The van der Waals surface area contributed by atoms with Crippen molar-refractivity contribution < 1.29 is 27.5 Å². The number of ether oxygens (including phenoxy) is 1. The Kier molecular flexibility index (Phi) is 6.33. The third-order valence-electron chi connectivity index (χ3n) is 5.04. The van der Waals surface area contributed by atoms with Crippen LogP contribution in [0.15, 0.2) is 30.5 Å². The number of aromatic nitrogens is 2. The highest BCUT2D eigenvalue weighted by molar-refractivity contribution is 5.91. The molecule has 1 aliphatic rings. The largest absolute Gasteiger partial charge is 0.462 e. The van der Waals surface area contributed by atoms with E-state index in [1.165, 1.54) is 11.1 Å². The van der Waals surface area contributed by atoms with Gasteiger partial charge in [0.2, 0.25) is 0 Å². The number of hydrogen-bond donors (Lipinski definition) is 1. The lowest BCUT2D eigenvalue weighted by molar-refractivity contribution is -0.183. The van der Waals surface area contributed by atoms with E-state index >= 15 is 0 Å². The molecule has 0 aliphatic carbocycles. The highest BCUT2D eigenvalue weighted by Gasteiger charge is 2.42. The van der Waals surface area contributed by atoms with Crippen LogP contribution in [0.3, 0.4) is 0 Å². The summed E-state index contributed by atoms with van der Waals surface area (Å²) in [6.45, 7) is 3.68. The van der Waals surface area contributed by atoms with E-state index in [0.717, 1.165) is 0 Å². The minimum atomic E-state index is -4.30. The Bertz CT molecular complexity index is 909. The Morgan fingerprint density at radius 3 is 2.60 bits per heavy atom. The van der Waals surface area contributed by atoms with Crippen molar-refractivity contribution in [2.45, 2.75) is 32.9 Å². The average molecular weight is 424 g/mol. The van der Waals surface area contributed by atoms with Crippen molar-refractivity contribution >= 4 is 17.7 Å². The van der Waals surface area contributed by atoms with Gasteiger partial charge in [0.25, 0.3) is 0 Å². The van der Waals surface area contributed by atoms with Gasteiger partial charge in [-0.05, 0) is 51.0 Å². The van der Waals surface area contributed by atoms with Gasteiger partial charge in [0.05, 0.1) is 30.1 Å². The number of halogens is 3. The molecule has 1 fully saturated rings. The van der Waals surface area contributed by atoms with Gasteiger partial charge in [-0.1, -0.05) is 0 Å². The number of benzene rings is 1. The van der Waals surface area contributed by atoms with Crippen molar-refractivity contribution in [1.82, 2.24) is 14.7 Å². The molecular weight excluding hydrogens is 401 g/mol. The molecule has 0 unspecified atom stereocenters. The molecule has 2 heterocycles. The van der Waals surface area contributed by atoms with E-state index in [-0.39, 0.29) is 19.6 Å². The first-order chi connectivity index (χ1) is 14.2. The van der Waals surface area contributed by atoms with Gasteiger partial charge in [-0.3, -0.25) is 0 Å². The summed E-state index contributed by atoms with van der Waals surface area (Å²) in [5.41, 5.74) is 2.08. The number of urea groups is 1. The van der Waals surface area contributed by atoms with Crippen LogP contribution < -0.4 is 5.32 Å². The summed E-state index contributed by atoms with van der Waals surface area (Å²) in [5, 5.41) is 6.83. The molecule has 1 aliphatic heterocycles. The Balaban J connectivity index is 1.66. The van der Waals surface area contributed by atoms with Gasteiger partial charge in [0.15, 0.2) is 0 Å². The number of carbonyl (C=O) groups is 2. The highest BCUT2D eigenvalue weighted by Crippen LogP contribution is 2.33. The molecule has 0 spiro atoms. The van der Waals surface area contributed by atoms with E-state index in [2.05, 4.69) is 10.4 Å². The molecular formula is C20H23F3N4O3. The maximum absolute atomic E-state index is 12.9. The van der Waals surface area contributed by atoms with Crippen LogP contribution in [-0.2, 0) is 4.74 Å². The summed E-state index contributed by atoms with van der Waals surface area (Å²) < 4.78 is 45.4. The minimum Gasteiger partial charge on any atom is -0.462 e. The number of esters is 1. The lowest BCUT2D eigenvalue weighted by atomic mass is 9.98. The van der Waals surface area contributed by atoms with Crippen LogP contribution in [0.2, 0.25) is 0 Å². The average Bonchev–Trinajstić information content (AvgIpc) is 3.09. The van der Waals surface area contributed by atoms with Crippen LogP contribution >= 0.6 is 0 Å². The molecule has 0 saturated carbocycles. The normalized spacial score (nSPS) is 17.0. The number of carbonyl (C=O) groups excluding carboxylic acids is 2.